The van der Waals surface area contributed by atoms with E-state index in [4.69, 9.17) is 4.74 Å². The number of amides is 3. The number of carbonyl (C=O) groups excluding carboxylic acids is 3. The summed E-state index contributed by atoms with van der Waals surface area (Å²) in [5.74, 6) is -0.774. The molecule has 3 amide bonds. The van der Waals surface area contributed by atoms with E-state index in [1.54, 1.807) is 54.3 Å². The van der Waals surface area contributed by atoms with E-state index >= 15 is 0 Å². The topological polar surface area (TPSA) is 87.7 Å². The molecule has 1 aliphatic rings. The van der Waals surface area contributed by atoms with E-state index in [2.05, 4.69) is 26.6 Å². The van der Waals surface area contributed by atoms with Crippen molar-refractivity contribution in [2.45, 2.75) is 32.7 Å². The lowest BCUT2D eigenvalue weighted by Gasteiger charge is -2.35. The maximum atomic E-state index is 12.8. The van der Waals surface area contributed by atoms with Crippen LogP contribution in [-0.4, -0.2) is 36.5 Å². The van der Waals surface area contributed by atoms with Crippen molar-refractivity contribution >= 4 is 39.5 Å². The summed E-state index contributed by atoms with van der Waals surface area (Å²) in [5.41, 5.74) is 2.66. The molecule has 2 aromatic rings. The molecule has 1 aliphatic heterocycles. The van der Waals surface area contributed by atoms with E-state index in [0.717, 1.165) is 12.8 Å². The lowest BCUT2D eigenvalue weighted by Crippen LogP contribution is -2.48. The van der Waals surface area contributed by atoms with E-state index < -0.39 is 12.0 Å². The SMILES string of the molecule is CCCCN1C(=O)N[C@@H](c2cccc(NC(=O)c3ccccc3Br)c2)C(C(=O)OC)=C1C. The molecule has 0 radical (unpaired) electrons. The molecule has 0 spiro atoms. The monoisotopic (exact) mass is 499 g/mol. The van der Waals surface area contributed by atoms with E-state index in [1.165, 1.54) is 7.11 Å². The van der Waals surface area contributed by atoms with Gasteiger partial charge in [-0.15, -0.1) is 0 Å². The highest BCUT2D eigenvalue weighted by atomic mass is 79.9. The fourth-order valence-corrected chi connectivity index (χ4v) is 4.10. The molecule has 8 heteroatoms. The van der Waals surface area contributed by atoms with E-state index in [9.17, 15) is 14.4 Å². The highest BCUT2D eigenvalue weighted by molar-refractivity contribution is 9.10. The van der Waals surface area contributed by atoms with Crippen LogP contribution in [0.1, 0.15) is 48.7 Å². The van der Waals surface area contributed by atoms with Crippen LogP contribution in [-0.2, 0) is 9.53 Å². The molecule has 7 nitrogen and oxygen atoms in total. The number of nitrogens with one attached hydrogen (secondary N) is 2. The van der Waals surface area contributed by atoms with E-state index in [0.29, 0.717) is 39.1 Å². The van der Waals surface area contributed by atoms with Crippen LogP contribution in [0.25, 0.3) is 0 Å². The largest absolute Gasteiger partial charge is 0.466 e. The smallest absolute Gasteiger partial charge is 0.337 e. The Labute approximate surface area is 195 Å². The molecule has 0 aromatic heterocycles. The van der Waals surface area contributed by atoms with E-state index in [-0.39, 0.29) is 11.9 Å². The Morgan fingerprint density at radius 1 is 1.19 bits per heavy atom. The second-order valence-corrected chi connectivity index (χ2v) is 8.29. The number of nitrogens with zero attached hydrogens (tertiary/aromatic N) is 1. The van der Waals surface area contributed by atoms with Crippen LogP contribution in [0.3, 0.4) is 0 Å². The first-order chi connectivity index (χ1) is 15.4. The second kappa shape index (κ2) is 10.5. The van der Waals surface area contributed by atoms with Gasteiger partial charge in [-0.05, 0) is 59.1 Å². The number of methoxy groups -OCH3 is 1. The minimum Gasteiger partial charge on any atom is -0.466 e. The second-order valence-electron chi connectivity index (χ2n) is 7.44. The Morgan fingerprint density at radius 3 is 2.62 bits per heavy atom. The number of hydrogen-bond acceptors (Lipinski definition) is 4. The maximum Gasteiger partial charge on any atom is 0.337 e. The Balaban J connectivity index is 1.93. The van der Waals surface area contributed by atoms with Crippen molar-refractivity contribution in [3.8, 4) is 0 Å². The molecule has 2 N–H and O–H groups in total. The predicted molar refractivity (Wildman–Crippen MR) is 126 cm³/mol. The van der Waals surface area contributed by atoms with Crippen molar-refractivity contribution in [3.05, 3.63) is 75.4 Å². The third kappa shape index (κ3) is 5.02. The van der Waals surface area contributed by atoms with Crippen LogP contribution in [0.5, 0.6) is 0 Å². The van der Waals surface area contributed by atoms with Gasteiger partial charge in [0.25, 0.3) is 5.91 Å². The van der Waals surface area contributed by atoms with Gasteiger partial charge in [-0.2, -0.15) is 0 Å². The zero-order chi connectivity index (χ0) is 23.3. The number of esters is 1. The number of ether oxygens (including phenoxy) is 1. The van der Waals surface area contributed by atoms with Crippen molar-refractivity contribution in [2.24, 2.45) is 0 Å². The lowest BCUT2D eigenvalue weighted by atomic mass is 9.94. The number of urea groups is 1. The molecule has 1 atom stereocenters. The normalized spacial score (nSPS) is 15.9. The number of benzene rings is 2. The molecule has 168 valence electrons. The van der Waals surface area contributed by atoms with Crippen LogP contribution in [0.2, 0.25) is 0 Å². The molecule has 0 bridgehead atoms. The average molecular weight is 500 g/mol. The summed E-state index contributed by atoms with van der Waals surface area (Å²) >= 11 is 3.39. The minimum absolute atomic E-state index is 0.267. The third-order valence-electron chi connectivity index (χ3n) is 5.33. The van der Waals surface area contributed by atoms with Gasteiger partial charge in [-0.25, -0.2) is 9.59 Å². The van der Waals surface area contributed by atoms with Gasteiger partial charge in [0.15, 0.2) is 0 Å². The lowest BCUT2D eigenvalue weighted by molar-refractivity contribution is -0.136. The zero-order valence-electron chi connectivity index (χ0n) is 18.3. The molecule has 0 saturated heterocycles. The van der Waals surface area contributed by atoms with Crippen LogP contribution >= 0.6 is 15.9 Å². The van der Waals surface area contributed by atoms with Gasteiger partial charge in [-0.1, -0.05) is 37.6 Å². The molecule has 0 saturated carbocycles. The third-order valence-corrected chi connectivity index (χ3v) is 6.02. The van der Waals surface area contributed by atoms with Gasteiger partial charge in [0, 0.05) is 22.4 Å². The van der Waals surface area contributed by atoms with Crippen molar-refractivity contribution in [3.63, 3.8) is 0 Å². The standard InChI is InChI=1S/C24H26BrN3O4/c1-4-5-13-28-15(2)20(23(30)32-3)21(27-24(28)31)16-9-8-10-17(14-16)26-22(29)18-11-6-7-12-19(18)25/h6-12,14,21H,4-5,13H2,1-3H3,(H,26,29)(H,27,31)/t21-/m0/s1. The van der Waals surface area contributed by atoms with Crippen LogP contribution < -0.4 is 10.6 Å². The van der Waals surface area contributed by atoms with Crippen molar-refractivity contribution in [1.29, 1.82) is 0 Å². The van der Waals surface area contributed by atoms with Crippen molar-refractivity contribution < 1.29 is 19.1 Å². The first kappa shape index (κ1) is 23.5. The fourth-order valence-electron chi connectivity index (χ4n) is 3.63. The first-order valence-electron chi connectivity index (χ1n) is 10.4. The molecule has 0 unspecified atom stereocenters. The highest BCUT2D eigenvalue weighted by Gasteiger charge is 2.36. The number of unbranched alkanes of at least 4 members (excludes halogenated alkanes) is 1. The minimum atomic E-state index is -0.687. The zero-order valence-corrected chi connectivity index (χ0v) is 19.9. The number of hydrogen-bond donors (Lipinski definition) is 2. The Bertz CT molecular complexity index is 1070. The molecule has 2 aromatic carbocycles. The average Bonchev–Trinajstić information content (AvgIpc) is 2.78. The van der Waals surface area contributed by atoms with Crippen LogP contribution in [0.4, 0.5) is 10.5 Å². The van der Waals surface area contributed by atoms with Gasteiger partial charge >= 0.3 is 12.0 Å². The summed E-state index contributed by atoms with van der Waals surface area (Å²) in [7, 11) is 1.32. The number of halogens is 1. The summed E-state index contributed by atoms with van der Waals surface area (Å²) in [5, 5.41) is 5.79. The summed E-state index contributed by atoms with van der Waals surface area (Å²) in [4.78, 5) is 39.7. The predicted octanol–water partition coefficient (Wildman–Crippen LogP) is 5.01. The molecule has 1 heterocycles. The summed E-state index contributed by atoms with van der Waals surface area (Å²) < 4.78 is 5.70. The number of carbonyl (C=O) groups is 3. The van der Waals surface area contributed by atoms with Gasteiger partial charge in [0.1, 0.15) is 0 Å². The van der Waals surface area contributed by atoms with Crippen LogP contribution in [0.15, 0.2) is 64.3 Å². The van der Waals surface area contributed by atoms with Gasteiger partial charge < -0.3 is 15.4 Å². The molecular formula is C24H26BrN3O4. The van der Waals surface area contributed by atoms with Gasteiger partial charge in [0.2, 0.25) is 0 Å². The molecule has 0 aliphatic carbocycles. The summed E-state index contributed by atoms with van der Waals surface area (Å²) in [6.07, 6.45) is 1.74. The highest BCUT2D eigenvalue weighted by Crippen LogP contribution is 2.32. The quantitative estimate of drug-likeness (QED) is 0.523. The molecular weight excluding hydrogens is 474 g/mol. The molecule has 3 rings (SSSR count). The number of allylic oxidation sites excluding steroid dienone is 1. The number of anilines is 1. The van der Waals surface area contributed by atoms with Gasteiger partial charge in [-0.3, -0.25) is 9.69 Å². The Morgan fingerprint density at radius 2 is 1.94 bits per heavy atom. The van der Waals surface area contributed by atoms with Crippen molar-refractivity contribution in [1.82, 2.24) is 10.2 Å². The van der Waals surface area contributed by atoms with Gasteiger partial charge in [0.05, 0.1) is 24.3 Å². The van der Waals surface area contributed by atoms with E-state index in [1.807, 2.05) is 13.0 Å². The Kier molecular flexibility index (Phi) is 7.69. The number of rotatable bonds is 7. The first-order valence-corrected chi connectivity index (χ1v) is 11.2. The maximum absolute atomic E-state index is 12.8. The summed E-state index contributed by atoms with van der Waals surface area (Å²) in [6, 6.07) is 13.3. The molecule has 0 fully saturated rings. The molecule has 32 heavy (non-hydrogen) atoms. The Hall–Kier alpha value is -3.13. The van der Waals surface area contributed by atoms with Crippen molar-refractivity contribution in [2.75, 3.05) is 19.0 Å². The fraction of sp³-hybridized carbons (Fsp3) is 0.292. The summed E-state index contributed by atoms with van der Waals surface area (Å²) in [6.45, 7) is 4.31. The van der Waals surface area contributed by atoms with Crippen LogP contribution in [0, 0.1) is 0 Å².